The minimum atomic E-state index is -0.152. The van der Waals surface area contributed by atoms with Crippen LogP contribution in [-0.2, 0) is 11.2 Å². The highest BCUT2D eigenvalue weighted by atomic mass is 35.5. The highest BCUT2D eigenvalue weighted by Crippen LogP contribution is 2.34. The molecular formula is C26H20ClN3OS2. The summed E-state index contributed by atoms with van der Waals surface area (Å²) in [6.07, 6.45) is 2.90. The van der Waals surface area contributed by atoms with Crippen LogP contribution in [0.15, 0.2) is 88.4 Å². The molecule has 1 aliphatic rings. The molecule has 7 heteroatoms. The SMILES string of the molecule is CCc1ccc(C=C2C(=O)N(c3nc4ccccc4s3)N=C2CSc2ccc(Cl)cc2)cc1. The van der Waals surface area contributed by atoms with Crippen LogP contribution in [0.25, 0.3) is 16.3 Å². The maximum absolute atomic E-state index is 13.5. The number of rotatable bonds is 6. The van der Waals surface area contributed by atoms with Gasteiger partial charge in [-0.3, -0.25) is 4.79 Å². The molecule has 1 amide bonds. The molecule has 1 aliphatic heterocycles. The Kier molecular flexibility index (Phi) is 6.31. The van der Waals surface area contributed by atoms with Crippen molar-refractivity contribution in [3.8, 4) is 0 Å². The fourth-order valence-electron chi connectivity index (χ4n) is 3.49. The predicted octanol–water partition coefficient (Wildman–Crippen LogP) is 7.09. The van der Waals surface area contributed by atoms with Crippen molar-refractivity contribution in [2.24, 2.45) is 5.10 Å². The fourth-order valence-corrected chi connectivity index (χ4v) is 5.38. The van der Waals surface area contributed by atoms with Crippen LogP contribution >= 0.6 is 34.7 Å². The third kappa shape index (κ3) is 4.74. The topological polar surface area (TPSA) is 45.6 Å². The molecule has 164 valence electrons. The molecule has 0 saturated heterocycles. The Bertz CT molecular complexity index is 1340. The molecule has 0 atom stereocenters. The first-order valence-electron chi connectivity index (χ1n) is 10.6. The number of thioether (sulfide) groups is 1. The number of aryl methyl sites for hydroxylation is 1. The Morgan fingerprint density at radius 1 is 1.03 bits per heavy atom. The van der Waals surface area contributed by atoms with Crippen LogP contribution in [0.2, 0.25) is 5.02 Å². The summed E-state index contributed by atoms with van der Waals surface area (Å²) in [7, 11) is 0. The van der Waals surface area contributed by atoms with Gasteiger partial charge in [-0.25, -0.2) is 4.98 Å². The first-order chi connectivity index (χ1) is 16.1. The third-order valence-electron chi connectivity index (χ3n) is 5.31. The summed E-state index contributed by atoms with van der Waals surface area (Å²) in [5.74, 6) is 0.411. The second-order valence-corrected chi connectivity index (χ2v) is 10.0. The van der Waals surface area contributed by atoms with Crippen LogP contribution in [0.5, 0.6) is 0 Å². The fraction of sp³-hybridized carbons (Fsp3) is 0.115. The van der Waals surface area contributed by atoms with E-state index in [0.29, 0.717) is 21.5 Å². The molecule has 1 aromatic heterocycles. The molecule has 33 heavy (non-hydrogen) atoms. The molecular weight excluding hydrogens is 470 g/mol. The number of hydrazone groups is 1. The number of fused-ring (bicyclic) bond motifs is 1. The van der Waals surface area contributed by atoms with E-state index in [-0.39, 0.29) is 5.91 Å². The van der Waals surface area contributed by atoms with Crippen molar-refractivity contribution in [3.05, 3.63) is 94.5 Å². The smallest absolute Gasteiger partial charge is 0.267 e. The Labute approximate surface area is 205 Å². The van der Waals surface area contributed by atoms with Crippen LogP contribution in [0, 0.1) is 0 Å². The van der Waals surface area contributed by atoms with E-state index in [9.17, 15) is 4.79 Å². The van der Waals surface area contributed by atoms with Crippen molar-refractivity contribution in [2.45, 2.75) is 18.2 Å². The first-order valence-corrected chi connectivity index (χ1v) is 12.8. The number of anilines is 1. The monoisotopic (exact) mass is 489 g/mol. The van der Waals surface area contributed by atoms with E-state index in [1.165, 1.54) is 21.9 Å². The number of aromatic nitrogens is 1. The van der Waals surface area contributed by atoms with Gasteiger partial charge in [0.25, 0.3) is 5.91 Å². The van der Waals surface area contributed by atoms with Crippen LogP contribution < -0.4 is 5.01 Å². The van der Waals surface area contributed by atoms with Gasteiger partial charge in [0.1, 0.15) is 0 Å². The Morgan fingerprint density at radius 3 is 2.52 bits per heavy atom. The quantitative estimate of drug-likeness (QED) is 0.214. The molecule has 0 saturated carbocycles. The molecule has 0 unspecified atom stereocenters. The number of amides is 1. The molecule has 0 aliphatic carbocycles. The van der Waals surface area contributed by atoms with Gasteiger partial charge in [0.15, 0.2) is 0 Å². The Balaban J connectivity index is 1.49. The van der Waals surface area contributed by atoms with Gasteiger partial charge in [0, 0.05) is 15.7 Å². The van der Waals surface area contributed by atoms with Crippen LogP contribution in [0.1, 0.15) is 18.1 Å². The van der Waals surface area contributed by atoms with Gasteiger partial charge in [-0.1, -0.05) is 66.3 Å². The standard InChI is InChI=1S/C26H20ClN3OS2/c1-2-17-7-9-18(10-8-17)15-21-23(16-32-20-13-11-19(27)12-14-20)29-30(25(21)31)26-28-22-5-3-4-6-24(22)33-26/h3-15H,2,16H2,1H3. The number of carbonyl (C=O) groups excluding carboxylic acids is 1. The normalized spacial score (nSPS) is 15.0. The minimum absolute atomic E-state index is 0.152. The summed E-state index contributed by atoms with van der Waals surface area (Å²) < 4.78 is 1.03. The zero-order chi connectivity index (χ0) is 22.8. The molecule has 2 heterocycles. The van der Waals surface area contributed by atoms with Gasteiger partial charge in [-0.05, 0) is 60.0 Å². The van der Waals surface area contributed by atoms with Crippen molar-refractivity contribution < 1.29 is 4.79 Å². The number of para-hydroxylation sites is 1. The minimum Gasteiger partial charge on any atom is -0.267 e. The summed E-state index contributed by atoms with van der Waals surface area (Å²) in [5.41, 5.74) is 4.44. The number of halogens is 1. The molecule has 0 fully saturated rings. The maximum Gasteiger partial charge on any atom is 0.282 e. The van der Waals surface area contributed by atoms with E-state index in [1.54, 1.807) is 11.8 Å². The molecule has 0 spiro atoms. The van der Waals surface area contributed by atoms with E-state index >= 15 is 0 Å². The van der Waals surface area contributed by atoms with Gasteiger partial charge >= 0.3 is 0 Å². The lowest BCUT2D eigenvalue weighted by molar-refractivity contribution is -0.114. The van der Waals surface area contributed by atoms with Gasteiger partial charge in [0.2, 0.25) is 5.13 Å². The second-order valence-electron chi connectivity index (χ2n) is 7.52. The van der Waals surface area contributed by atoms with E-state index in [2.05, 4.69) is 24.0 Å². The molecule has 3 aromatic carbocycles. The van der Waals surface area contributed by atoms with Gasteiger partial charge < -0.3 is 0 Å². The molecule has 4 nitrogen and oxygen atoms in total. The van der Waals surface area contributed by atoms with Gasteiger partial charge in [-0.15, -0.1) is 11.8 Å². The van der Waals surface area contributed by atoms with Crippen molar-refractivity contribution in [1.82, 2.24) is 4.98 Å². The molecule has 0 N–H and O–H groups in total. The second kappa shape index (κ2) is 9.51. The number of hydrogen-bond acceptors (Lipinski definition) is 5. The maximum atomic E-state index is 13.5. The van der Waals surface area contributed by atoms with Crippen molar-refractivity contribution in [1.29, 1.82) is 0 Å². The summed E-state index contributed by atoms with van der Waals surface area (Å²) in [6.45, 7) is 2.13. The van der Waals surface area contributed by atoms with Crippen molar-refractivity contribution >= 4 is 67.7 Å². The van der Waals surface area contributed by atoms with E-state index in [4.69, 9.17) is 16.7 Å². The number of nitrogens with zero attached hydrogens (tertiary/aromatic N) is 3. The number of benzene rings is 3. The summed E-state index contributed by atoms with van der Waals surface area (Å²) >= 11 is 9.11. The van der Waals surface area contributed by atoms with Crippen LogP contribution in [0.3, 0.4) is 0 Å². The lowest BCUT2D eigenvalue weighted by Gasteiger charge is -2.06. The summed E-state index contributed by atoms with van der Waals surface area (Å²) in [4.78, 5) is 19.2. The molecule has 4 aromatic rings. The average molecular weight is 490 g/mol. The molecule has 0 radical (unpaired) electrons. The lowest BCUT2D eigenvalue weighted by atomic mass is 10.1. The highest BCUT2D eigenvalue weighted by Gasteiger charge is 2.33. The highest BCUT2D eigenvalue weighted by molar-refractivity contribution is 8.00. The van der Waals surface area contributed by atoms with Gasteiger partial charge in [-0.2, -0.15) is 10.1 Å². The largest absolute Gasteiger partial charge is 0.282 e. The number of hydrogen-bond donors (Lipinski definition) is 0. The van der Waals surface area contributed by atoms with Crippen molar-refractivity contribution in [3.63, 3.8) is 0 Å². The molecule has 0 bridgehead atoms. The van der Waals surface area contributed by atoms with E-state index in [1.807, 2.05) is 66.7 Å². The Morgan fingerprint density at radius 2 is 1.79 bits per heavy atom. The van der Waals surface area contributed by atoms with Crippen molar-refractivity contribution in [2.75, 3.05) is 10.8 Å². The third-order valence-corrected chi connectivity index (χ3v) is 7.59. The molecule has 5 rings (SSSR count). The van der Waals surface area contributed by atoms with E-state index in [0.717, 1.165) is 32.8 Å². The first kappa shape index (κ1) is 21.9. The zero-order valence-corrected chi connectivity index (χ0v) is 20.3. The van der Waals surface area contributed by atoms with Crippen LogP contribution in [0.4, 0.5) is 5.13 Å². The number of thiazole rings is 1. The average Bonchev–Trinajstić information content (AvgIpc) is 3.40. The predicted molar refractivity (Wildman–Crippen MR) is 141 cm³/mol. The summed E-state index contributed by atoms with van der Waals surface area (Å²) in [5, 5.41) is 7.43. The van der Waals surface area contributed by atoms with Gasteiger partial charge in [0.05, 0.1) is 21.5 Å². The summed E-state index contributed by atoms with van der Waals surface area (Å²) in [6, 6.07) is 23.8. The van der Waals surface area contributed by atoms with Crippen LogP contribution in [-0.4, -0.2) is 22.4 Å². The van der Waals surface area contributed by atoms with E-state index < -0.39 is 0 Å². The zero-order valence-electron chi connectivity index (χ0n) is 17.9. The Hall–Kier alpha value is -2.93. The number of carbonyl (C=O) groups is 1. The lowest BCUT2D eigenvalue weighted by Crippen LogP contribution is -2.21.